The van der Waals surface area contributed by atoms with Crippen LogP contribution in [0.2, 0.25) is 0 Å². The van der Waals surface area contributed by atoms with E-state index in [4.69, 9.17) is 0 Å². The van der Waals surface area contributed by atoms with Crippen LogP contribution in [0.5, 0.6) is 5.75 Å². The number of amides is 1. The number of anilines is 1. The van der Waals surface area contributed by atoms with Crippen LogP contribution >= 0.6 is 0 Å². The molecule has 1 aliphatic heterocycles. The molecule has 0 aliphatic carbocycles. The minimum atomic E-state index is -4.75. The molecule has 156 valence electrons. The number of likely N-dealkylation sites (tertiary alicyclic amines) is 1. The van der Waals surface area contributed by atoms with E-state index in [0.717, 1.165) is 18.5 Å². The van der Waals surface area contributed by atoms with Gasteiger partial charge in [-0.1, -0.05) is 19.9 Å². The number of ether oxygens (including phenoxy) is 1. The molecule has 1 fully saturated rings. The largest absolute Gasteiger partial charge is 0.573 e. The third-order valence-corrected chi connectivity index (χ3v) is 4.82. The van der Waals surface area contributed by atoms with Gasteiger partial charge in [0.1, 0.15) is 5.75 Å². The van der Waals surface area contributed by atoms with Gasteiger partial charge < -0.3 is 15.0 Å². The number of halogens is 3. The molecule has 1 amide bonds. The first-order chi connectivity index (χ1) is 13.6. The number of alkyl halides is 3. The van der Waals surface area contributed by atoms with Crippen molar-refractivity contribution < 1.29 is 22.7 Å². The van der Waals surface area contributed by atoms with Crippen LogP contribution in [0.3, 0.4) is 0 Å². The molecule has 0 saturated carbocycles. The Kier molecular flexibility index (Phi) is 5.95. The van der Waals surface area contributed by atoms with Crippen LogP contribution in [0.4, 0.5) is 19.1 Å². The zero-order valence-corrected chi connectivity index (χ0v) is 16.5. The highest BCUT2D eigenvalue weighted by Gasteiger charge is 2.31. The minimum Gasteiger partial charge on any atom is -0.406 e. The van der Waals surface area contributed by atoms with Crippen LogP contribution in [0.15, 0.2) is 30.6 Å². The van der Waals surface area contributed by atoms with Crippen LogP contribution in [-0.2, 0) is 6.54 Å². The van der Waals surface area contributed by atoms with Gasteiger partial charge in [-0.3, -0.25) is 4.79 Å². The van der Waals surface area contributed by atoms with Gasteiger partial charge in [-0.25, -0.2) is 9.97 Å². The van der Waals surface area contributed by atoms with Gasteiger partial charge in [0.05, 0.1) is 5.56 Å². The van der Waals surface area contributed by atoms with Gasteiger partial charge in [0.25, 0.3) is 5.91 Å². The first kappa shape index (κ1) is 20.9. The maximum absolute atomic E-state index is 12.6. The first-order valence-electron chi connectivity index (χ1n) is 9.39. The topological polar surface area (TPSA) is 67.4 Å². The summed E-state index contributed by atoms with van der Waals surface area (Å²) in [6.07, 6.45) is -0.863. The molecule has 1 aromatic carbocycles. The number of nitrogens with one attached hydrogen (secondary N) is 1. The van der Waals surface area contributed by atoms with Gasteiger partial charge in [-0.15, -0.1) is 13.2 Å². The molecule has 9 heteroatoms. The van der Waals surface area contributed by atoms with Crippen molar-refractivity contribution in [2.24, 2.45) is 0 Å². The monoisotopic (exact) mass is 408 g/mol. The Morgan fingerprint density at radius 2 is 1.97 bits per heavy atom. The Balaban J connectivity index is 1.68. The fourth-order valence-electron chi connectivity index (χ4n) is 3.01. The second kappa shape index (κ2) is 8.26. The average Bonchev–Trinajstić information content (AvgIpc) is 2.64. The number of carbonyl (C=O) groups excluding carboxylic acids is 1. The normalized spacial score (nSPS) is 16.5. The first-order valence-corrected chi connectivity index (χ1v) is 9.39. The van der Waals surface area contributed by atoms with Crippen LogP contribution in [0.1, 0.15) is 54.6 Å². The second-order valence-corrected chi connectivity index (χ2v) is 7.40. The molecule has 1 aromatic heterocycles. The van der Waals surface area contributed by atoms with Crippen molar-refractivity contribution in [3.8, 4) is 5.75 Å². The number of nitrogens with zero attached hydrogens (tertiary/aromatic N) is 3. The van der Waals surface area contributed by atoms with E-state index < -0.39 is 6.36 Å². The second-order valence-electron chi connectivity index (χ2n) is 7.40. The Morgan fingerprint density at radius 3 is 2.48 bits per heavy atom. The fourth-order valence-corrected chi connectivity index (χ4v) is 3.01. The molecular weight excluding hydrogens is 385 g/mol. The Labute approximate surface area is 167 Å². The smallest absolute Gasteiger partial charge is 0.406 e. The maximum atomic E-state index is 12.6. The summed E-state index contributed by atoms with van der Waals surface area (Å²) < 4.78 is 41.8. The summed E-state index contributed by atoms with van der Waals surface area (Å²) in [4.78, 5) is 22.3. The standard InChI is InChI=1S/C20H23F3N4O2/c1-12(2)15-6-14(7-17(8-15)29-20(21,22)23)9-24-19-25-10-16(11-26-19)18(28)27-5-4-13(27)3/h6-8,10-13H,4-5,9H2,1-3H3,(H,24,25,26). The van der Waals surface area contributed by atoms with Gasteiger partial charge in [0.15, 0.2) is 0 Å². The summed E-state index contributed by atoms with van der Waals surface area (Å²) in [5.74, 6) is -0.0395. The Hall–Kier alpha value is -2.84. The SMILES string of the molecule is CC(C)c1cc(CNc2ncc(C(=O)N3CCC3C)cn2)cc(OC(F)(F)F)c1. The van der Waals surface area contributed by atoms with Crippen molar-refractivity contribution in [1.29, 1.82) is 0 Å². The van der Waals surface area contributed by atoms with E-state index in [1.54, 1.807) is 4.90 Å². The lowest BCUT2D eigenvalue weighted by atomic mass is 10.0. The molecule has 1 atom stereocenters. The lowest BCUT2D eigenvalue weighted by Gasteiger charge is -2.38. The Bertz CT molecular complexity index is 869. The molecule has 1 N–H and O–H groups in total. The lowest BCUT2D eigenvalue weighted by molar-refractivity contribution is -0.274. The summed E-state index contributed by atoms with van der Waals surface area (Å²) in [5.41, 5.74) is 1.74. The van der Waals surface area contributed by atoms with Gasteiger partial charge in [0.2, 0.25) is 5.95 Å². The van der Waals surface area contributed by atoms with E-state index >= 15 is 0 Å². The predicted octanol–water partition coefficient (Wildman–Crippen LogP) is 4.35. The number of hydrogen-bond acceptors (Lipinski definition) is 5. The zero-order chi connectivity index (χ0) is 21.2. The van der Waals surface area contributed by atoms with Crippen molar-refractivity contribution in [1.82, 2.24) is 14.9 Å². The highest BCUT2D eigenvalue weighted by molar-refractivity contribution is 5.94. The molecule has 0 radical (unpaired) electrons. The Morgan fingerprint density at radius 1 is 1.28 bits per heavy atom. The van der Waals surface area contributed by atoms with E-state index in [1.807, 2.05) is 26.8 Å². The van der Waals surface area contributed by atoms with Gasteiger partial charge in [-0.05, 0) is 42.5 Å². The van der Waals surface area contributed by atoms with E-state index in [2.05, 4.69) is 20.0 Å². The third kappa shape index (κ3) is 5.36. The summed E-state index contributed by atoms with van der Waals surface area (Å²) >= 11 is 0. The van der Waals surface area contributed by atoms with Crippen molar-refractivity contribution in [2.45, 2.75) is 52.1 Å². The number of benzene rings is 1. The van der Waals surface area contributed by atoms with E-state index in [0.29, 0.717) is 11.1 Å². The van der Waals surface area contributed by atoms with Crippen molar-refractivity contribution in [3.05, 3.63) is 47.3 Å². The van der Waals surface area contributed by atoms with Gasteiger partial charge >= 0.3 is 6.36 Å². The summed E-state index contributed by atoms with van der Waals surface area (Å²) in [5, 5.41) is 2.97. The maximum Gasteiger partial charge on any atom is 0.573 e. The third-order valence-electron chi connectivity index (χ3n) is 4.82. The van der Waals surface area contributed by atoms with Crippen molar-refractivity contribution in [2.75, 3.05) is 11.9 Å². The summed E-state index contributed by atoms with van der Waals surface area (Å²) in [6.45, 7) is 6.71. The predicted molar refractivity (Wildman–Crippen MR) is 102 cm³/mol. The molecule has 3 rings (SSSR count). The van der Waals surface area contributed by atoms with Crippen LogP contribution in [0, 0.1) is 0 Å². The molecule has 2 heterocycles. The van der Waals surface area contributed by atoms with E-state index in [-0.39, 0.29) is 36.1 Å². The zero-order valence-electron chi connectivity index (χ0n) is 16.5. The van der Waals surface area contributed by atoms with Crippen LogP contribution < -0.4 is 10.1 Å². The molecule has 29 heavy (non-hydrogen) atoms. The number of carbonyl (C=O) groups is 1. The highest BCUT2D eigenvalue weighted by Crippen LogP contribution is 2.28. The average molecular weight is 408 g/mol. The molecule has 1 aliphatic rings. The van der Waals surface area contributed by atoms with Crippen LogP contribution in [0.25, 0.3) is 0 Å². The fraction of sp³-hybridized carbons (Fsp3) is 0.450. The van der Waals surface area contributed by atoms with Gasteiger partial charge in [0, 0.05) is 31.5 Å². The molecule has 0 spiro atoms. The summed E-state index contributed by atoms with van der Waals surface area (Å²) in [6, 6.07) is 4.75. The van der Waals surface area contributed by atoms with Crippen molar-refractivity contribution >= 4 is 11.9 Å². The van der Waals surface area contributed by atoms with E-state index in [9.17, 15) is 18.0 Å². The molecule has 2 aromatic rings. The number of hydrogen-bond donors (Lipinski definition) is 1. The molecular formula is C20H23F3N4O2. The molecule has 1 unspecified atom stereocenters. The lowest BCUT2D eigenvalue weighted by Crippen LogP contribution is -2.49. The van der Waals surface area contributed by atoms with Gasteiger partial charge in [-0.2, -0.15) is 0 Å². The number of rotatable bonds is 6. The highest BCUT2D eigenvalue weighted by atomic mass is 19.4. The molecule has 6 nitrogen and oxygen atoms in total. The number of aromatic nitrogens is 2. The molecule has 1 saturated heterocycles. The van der Waals surface area contributed by atoms with E-state index in [1.165, 1.54) is 24.5 Å². The molecule has 0 bridgehead atoms. The summed E-state index contributed by atoms with van der Waals surface area (Å²) in [7, 11) is 0. The quantitative estimate of drug-likeness (QED) is 0.770. The van der Waals surface area contributed by atoms with Crippen LogP contribution in [-0.4, -0.2) is 39.7 Å². The minimum absolute atomic E-state index is 0.0379. The van der Waals surface area contributed by atoms with Crippen molar-refractivity contribution in [3.63, 3.8) is 0 Å².